The summed E-state index contributed by atoms with van der Waals surface area (Å²) in [5.74, 6) is 2.66. The number of carboxylic acids is 1. The third kappa shape index (κ3) is 36.9. The van der Waals surface area contributed by atoms with Crippen molar-refractivity contribution in [3.05, 3.63) is 5.90 Å². The van der Waals surface area contributed by atoms with Crippen LogP contribution in [0.2, 0.25) is 0 Å². The minimum atomic E-state index is -4.17. The van der Waals surface area contributed by atoms with Crippen LogP contribution in [0.15, 0.2) is 9.98 Å². The molecule has 6 aliphatic heterocycles. The Labute approximate surface area is 704 Å². The Hall–Kier alpha value is -5.41. The van der Waals surface area contributed by atoms with E-state index in [9.17, 15) is 91.5 Å². The minimum absolute atomic E-state index is 0. The normalized spacial score (nSPS) is 25.7. The number of aliphatic imine (C=N–C) groups is 2. The molecule has 25 nitrogen and oxygen atoms in total. The molecule has 116 heavy (non-hydrogen) atoms. The number of hydrogen-bond donors (Lipinski definition) is 7. The van der Waals surface area contributed by atoms with E-state index in [2.05, 4.69) is 38.4 Å². The predicted molar refractivity (Wildman–Crippen MR) is 404 cm³/mol. The number of halogens is 14. The predicted octanol–water partition coefficient (Wildman–Crippen LogP) is 13.5. The van der Waals surface area contributed by atoms with E-state index in [1.807, 2.05) is 20.8 Å². The van der Waals surface area contributed by atoms with Crippen LogP contribution in [0.25, 0.3) is 5.90 Å². The molecule has 0 aromatic rings. The van der Waals surface area contributed by atoms with E-state index in [0.717, 1.165) is 18.9 Å². The number of carboxylic acid groups (broad SMARTS) is 1. The van der Waals surface area contributed by atoms with Gasteiger partial charge in [0, 0.05) is 95.5 Å². The molecule has 6 amide bonds. The van der Waals surface area contributed by atoms with Crippen LogP contribution < -0.4 is 56.6 Å². The molecule has 10 aliphatic rings. The maximum absolute atomic E-state index is 12.7. The fraction of sp³-hybridized carbons (Fsp3) is 0.855. The van der Waals surface area contributed by atoms with E-state index in [1.54, 1.807) is 51.3 Å². The van der Waals surface area contributed by atoms with Crippen LogP contribution in [0.3, 0.4) is 0 Å². The van der Waals surface area contributed by atoms with E-state index in [-0.39, 0.29) is 107 Å². The molecule has 0 radical (unpaired) electrons. The van der Waals surface area contributed by atoms with Gasteiger partial charge in [-0.3, -0.25) is 29.2 Å². The first kappa shape index (κ1) is 105. The van der Waals surface area contributed by atoms with Crippen molar-refractivity contribution in [3.8, 4) is 12.1 Å². The Balaban J connectivity index is 0.000000378. The number of rotatable bonds is 9. The van der Waals surface area contributed by atoms with Crippen LogP contribution in [-0.4, -0.2) is 200 Å². The third-order valence-corrected chi connectivity index (χ3v) is 22.0. The monoisotopic (exact) mass is 1730 g/mol. The number of carbonyl (C=O) groups is 7. The van der Waals surface area contributed by atoms with Crippen molar-refractivity contribution in [3.63, 3.8) is 0 Å². The maximum Gasteiger partial charge on any atom is 1.00 e. The fourth-order valence-corrected chi connectivity index (χ4v) is 15.7. The number of nitrogens with zero attached hydrogens (tertiary/aromatic N) is 7. The van der Waals surface area contributed by atoms with Gasteiger partial charge in [0.2, 0.25) is 5.91 Å². The van der Waals surface area contributed by atoms with Gasteiger partial charge in [-0.15, -0.1) is 23.2 Å². The molecule has 0 aromatic heterocycles. The van der Waals surface area contributed by atoms with Crippen molar-refractivity contribution in [2.45, 2.75) is 306 Å². The summed E-state index contributed by atoms with van der Waals surface area (Å²) in [6.45, 7) is 20.1. The molecule has 10 rings (SSSR count). The molecule has 2 spiro atoms. The molecule has 4 saturated carbocycles. The van der Waals surface area contributed by atoms with Gasteiger partial charge in [-0.2, -0.15) is 63.2 Å². The molecule has 0 atom stereocenters. The molecule has 4 saturated heterocycles. The van der Waals surface area contributed by atoms with Crippen molar-refractivity contribution < 1.29 is 140 Å². The molecular formula is C76H118Cl2F12N13NaO12. The van der Waals surface area contributed by atoms with Gasteiger partial charge in [0.1, 0.15) is 50.6 Å². The first-order chi connectivity index (χ1) is 53.1. The van der Waals surface area contributed by atoms with Gasteiger partial charge in [-0.05, 0) is 240 Å². The van der Waals surface area contributed by atoms with Crippen molar-refractivity contribution in [2.75, 3.05) is 57.7 Å². The van der Waals surface area contributed by atoms with Gasteiger partial charge in [0.15, 0.2) is 0 Å². The number of likely N-dealkylation sites (tertiary alicyclic amines) is 3. The van der Waals surface area contributed by atoms with Gasteiger partial charge in [0.05, 0.1) is 23.4 Å². The van der Waals surface area contributed by atoms with E-state index >= 15 is 0 Å². The summed E-state index contributed by atoms with van der Waals surface area (Å²) in [6, 6.07) is 4.26. The number of amides is 6. The van der Waals surface area contributed by atoms with E-state index in [0.29, 0.717) is 186 Å². The van der Waals surface area contributed by atoms with Crippen molar-refractivity contribution in [2.24, 2.45) is 63.1 Å². The molecule has 0 unspecified atom stereocenters. The zero-order valence-electron chi connectivity index (χ0n) is 68.3. The maximum atomic E-state index is 12.7. The second-order valence-electron chi connectivity index (χ2n) is 34.7. The van der Waals surface area contributed by atoms with Crippen LogP contribution in [0.5, 0.6) is 0 Å². The standard InChI is InChI=1S/2C20H30F3N3O3.C15H22F3N3O.C11H19N3O2.C9H13F3O2.CH2Cl2.H2NO.Na/c1-18(2,3)29-17(28)26-10-8-19(9-11-26)16(27)24-15(25-19)14-6-4-13(5-7-14)12-20(21,22)23;1-18(2,3)29-17(28)26-10-8-19(13-24,9-11-26)25-16(27)15-6-4-14(5-7-15)12-20(21,22)23;16-15(17,18)9-10-1-3-11(4-2-10)12-20-13(22)14(21-12)5-7-19-8-6-14;1-10(2,3)16-9(15)14-6-4-11(13,8-12)5-7-14;10-9(11,12)5-6-1-3-7(4-2-6)8(13)14;2-1-3;1-2;/h13-14H,4-12H2,1-3H3,(H,24,25,27);14-15H,4-12H2,1-3H3,(H,25,27);10-11,19H,1-9H2,(H,20,21,22);4-7,13H2,1-3H3;6-7H,1-5H2,(H,13,14);1H2;1-2H;/q;;;;;;-1;+1. The van der Waals surface area contributed by atoms with Crippen molar-refractivity contribution in [1.29, 1.82) is 10.5 Å². The quantitative estimate of drug-likeness (QED) is 0.0371. The van der Waals surface area contributed by atoms with Gasteiger partial charge >= 0.3 is 78.5 Å². The fourth-order valence-electron chi connectivity index (χ4n) is 15.7. The Bertz CT molecular complexity index is 3280. The number of hydrogen-bond acceptors (Lipinski definition) is 17. The van der Waals surface area contributed by atoms with Gasteiger partial charge in [0.25, 0.3) is 11.8 Å². The molecule has 8 fully saturated rings. The second-order valence-corrected chi connectivity index (χ2v) is 35.5. The largest absolute Gasteiger partial charge is 1.00 e. The summed E-state index contributed by atoms with van der Waals surface area (Å²) in [4.78, 5) is 98.3. The summed E-state index contributed by atoms with van der Waals surface area (Å²) in [5.41, 5.74) is 0.816. The van der Waals surface area contributed by atoms with Gasteiger partial charge in [-0.25, -0.2) is 14.4 Å². The van der Waals surface area contributed by atoms with E-state index in [1.165, 1.54) is 4.90 Å². The average Bonchev–Trinajstić information content (AvgIpc) is 1.63. The summed E-state index contributed by atoms with van der Waals surface area (Å²) in [7, 11) is 0. The topological polar surface area (TPSA) is 368 Å². The summed E-state index contributed by atoms with van der Waals surface area (Å²) < 4.78 is 165. The number of piperidine rings is 4. The summed E-state index contributed by atoms with van der Waals surface area (Å²) in [5, 5.41) is 45.4. The van der Waals surface area contributed by atoms with Crippen LogP contribution in [0, 0.1) is 70.0 Å². The number of ether oxygens (including phenoxy) is 3. The van der Waals surface area contributed by atoms with E-state index < -0.39 is 119 Å². The molecule has 6 heterocycles. The number of aliphatic carboxylic acids is 1. The van der Waals surface area contributed by atoms with Crippen molar-refractivity contribution >= 4 is 76.8 Å². The molecule has 40 heteroatoms. The van der Waals surface area contributed by atoms with Gasteiger partial charge < -0.3 is 72.1 Å². The minimum Gasteiger partial charge on any atom is -0.553 e. The number of carbonyl (C=O) groups excluding carboxylic acids is 6. The molecular weight excluding hydrogens is 1610 g/mol. The zero-order valence-corrected chi connectivity index (χ0v) is 71.8. The summed E-state index contributed by atoms with van der Waals surface area (Å²) in [6.07, 6.45) is -9.01. The first-order valence-electron chi connectivity index (χ1n) is 39.4. The van der Waals surface area contributed by atoms with Crippen LogP contribution in [0.1, 0.15) is 242 Å². The third-order valence-electron chi connectivity index (χ3n) is 22.0. The number of nitriles is 2. The van der Waals surface area contributed by atoms with Gasteiger partial charge in [-0.1, -0.05) is 0 Å². The number of alkyl halides is 14. The molecule has 9 N–H and O–H groups in total. The Morgan fingerprint density at radius 2 is 0.767 bits per heavy atom. The van der Waals surface area contributed by atoms with E-state index in [4.69, 9.17) is 69.6 Å². The van der Waals surface area contributed by atoms with Crippen LogP contribution >= 0.6 is 23.2 Å². The number of nitrogens with one attached hydrogen (secondary N) is 5. The smallest absolute Gasteiger partial charge is 0.553 e. The zero-order chi connectivity index (χ0) is 87.0. The Morgan fingerprint density at radius 1 is 0.491 bits per heavy atom. The molecule has 658 valence electrons. The van der Waals surface area contributed by atoms with Crippen LogP contribution in [-0.2, 0) is 33.4 Å². The second kappa shape index (κ2) is 45.5. The number of amidine groups is 2. The molecule has 0 aromatic carbocycles. The summed E-state index contributed by atoms with van der Waals surface area (Å²) >= 11 is 9.53. The van der Waals surface area contributed by atoms with Crippen molar-refractivity contribution in [1.82, 2.24) is 36.0 Å². The molecule has 4 aliphatic carbocycles. The first-order valence-corrected chi connectivity index (χ1v) is 40.4. The SMILES string of the molecule is CC(C)(C)OC(=O)N1CCC(C#N)(NC(=O)C2CCC(CC(F)(F)F)CC2)CC1.CC(C)(C)OC(=O)N1CCC(N)(C#N)CC1.CC(C)(C)OC(=O)N1CCC2(CC1)N=C(C1CCC(CC(F)(F)F)CC1)NC2=O.ClCCl.O=C(O)C1CCC(CC(F)(F)F)CC1.O=C1NC(C2CCC(CC(F)(F)F)CC2)=NC12CCNCC2.[NH-]O.[Na+]. The Morgan fingerprint density at radius 3 is 1.04 bits per heavy atom. The number of nitrogens with two attached hydrogens (primary N) is 1. The van der Waals surface area contributed by atoms with Crippen LogP contribution in [0.4, 0.5) is 67.1 Å². The molecule has 0 bridgehead atoms. The average molecular weight is 1730 g/mol. The Kier molecular flexibility index (Phi) is 41.1.